The number of nitrogens with one attached hydrogen (secondary N) is 4. The molecular formula is C22H25N7O2. The summed E-state index contributed by atoms with van der Waals surface area (Å²) in [5, 5.41) is 12.0. The van der Waals surface area contributed by atoms with Crippen molar-refractivity contribution < 1.29 is 9.59 Å². The summed E-state index contributed by atoms with van der Waals surface area (Å²) in [7, 11) is 0. The molecule has 0 aliphatic rings. The summed E-state index contributed by atoms with van der Waals surface area (Å²) >= 11 is 0. The Balaban J connectivity index is 1.61. The molecule has 0 unspecified atom stereocenters. The number of carbonyl (C=O) groups excluding carboxylic acids is 2. The standard InChI is InChI=1S/C22H25N7O2/c1-16(30)23-11-12-25-19-15-20(29-21(28-19)17-7-3-2-4-8-17)26-13-14-27-22(31)18-9-5-6-10-24-18/h2-10,15H,11-14H2,1H3,(H,23,30)(H,27,31)(H2,25,26,28,29). The Labute approximate surface area is 180 Å². The Bertz CT molecular complexity index is 997. The monoisotopic (exact) mass is 419 g/mol. The largest absolute Gasteiger partial charge is 0.368 e. The van der Waals surface area contributed by atoms with Crippen molar-refractivity contribution >= 4 is 23.5 Å². The molecule has 9 heteroatoms. The van der Waals surface area contributed by atoms with Crippen molar-refractivity contribution in [3.05, 3.63) is 66.5 Å². The molecule has 0 spiro atoms. The van der Waals surface area contributed by atoms with Crippen LogP contribution in [0.5, 0.6) is 0 Å². The summed E-state index contributed by atoms with van der Waals surface area (Å²) in [6.07, 6.45) is 1.58. The summed E-state index contributed by atoms with van der Waals surface area (Å²) in [4.78, 5) is 36.3. The lowest BCUT2D eigenvalue weighted by atomic mass is 10.2. The van der Waals surface area contributed by atoms with Crippen LogP contribution in [0, 0.1) is 0 Å². The van der Waals surface area contributed by atoms with E-state index in [2.05, 4.69) is 36.2 Å². The van der Waals surface area contributed by atoms with Gasteiger partial charge in [-0.05, 0) is 12.1 Å². The molecule has 1 aromatic carbocycles. The van der Waals surface area contributed by atoms with E-state index in [1.165, 1.54) is 6.92 Å². The normalized spacial score (nSPS) is 10.2. The number of anilines is 2. The zero-order valence-electron chi connectivity index (χ0n) is 17.3. The first-order valence-electron chi connectivity index (χ1n) is 9.98. The van der Waals surface area contributed by atoms with Crippen molar-refractivity contribution in [1.29, 1.82) is 0 Å². The first kappa shape index (κ1) is 21.7. The lowest BCUT2D eigenvalue weighted by molar-refractivity contribution is -0.118. The molecule has 0 saturated heterocycles. The molecule has 2 amide bonds. The fraction of sp³-hybridized carbons (Fsp3) is 0.227. The first-order chi connectivity index (χ1) is 15.1. The van der Waals surface area contributed by atoms with Gasteiger partial charge in [0.05, 0.1) is 0 Å². The topological polar surface area (TPSA) is 121 Å². The van der Waals surface area contributed by atoms with E-state index >= 15 is 0 Å². The van der Waals surface area contributed by atoms with E-state index in [1.54, 1.807) is 30.5 Å². The molecule has 31 heavy (non-hydrogen) atoms. The van der Waals surface area contributed by atoms with Gasteiger partial charge in [0.1, 0.15) is 17.3 Å². The number of hydrogen-bond acceptors (Lipinski definition) is 7. The van der Waals surface area contributed by atoms with Crippen LogP contribution in [-0.4, -0.2) is 52.9 Å². The second-order valence-electron chi connectivity index (χ2n) is 6.64. The van der Waals surface area contributed by atoms with Crippen molar-refractivity contribution in [3.63, 3.8) is 0 Å². The molecule has 0 bridgehead atoms. The van der Waals surface area contributed by atoms with Gasteiger partial charge in [-0.3, -0.25) is 14.6 Å². The second-order valence-corrected chi connectivity index (χ2v) is 6.64. The van der Waals surface area contributed by atoms with Gasteiger partial charge in [-0.1, -0.05) is 36.4 Å². The third kappa shape index (κ3) is 7.07. The molecule has 3 rings (SSSR count). The van der Waals surface area contributed by atoms with Crippen LogP contribution in [0.4, 0.5) is 11.6 Å². The van der Waals surface area contributed by atoms with Gasteiger partial charge in [-0.2, -0.15) is 0 Å². The molecule has 0 saturated carbocycles. The Morgan fingerprint density at radius 3 is 2.06 bits per heavy atom. The van der Waals surface area contributed by atoms with Crippen LogP contribution in [0.1, 0.15) is 17.4 Å². The highest BCUT2D eigenvalue weighted by Crippen LogP contribution is 2.19. The van der Waals surface area contributed by atoms with E-state index in [1.807, 2.05) is 30.3 Å². The molecule has 0 radical (unpaired) electrons. The highest BCUT2D eigenvalue weighted by Gasteiger charge is 2.08. The number of benzene rings is 1. The fourth-order valence-electron chi connectivity index (χ4n) is 2.73. The molecule has 0 aliphatic heterocycles. The SMILES string of the molecule is CC(=O)NCCNc1cc(NCCNC(=O)c2ccccn2)nc(-c2ccccc2)n1. The lowest BCUT2D eigenvalue weighted by Crippen LogP contribution is -2.29. The highest BCUT2D eigenvalue weighted by atomic mass is 16.2. The van der Waals surface area contributed by atoms with Crippen LogP contribution in [0.2, 0.25) is 0 Å². The molecule has 2 aromatic heterocycles. The molecule has 2 heterocycles. The van der Waals surface area contributed by atoms with Gasteiger partial charge in [0.2, 0.25) is 5.91 Å². The Morgan fingerprint density at radius 2 is 1.45 bits per heavy atom. The molecule has 160 valence electrons. The zero-order valence-corrected chi connectivity index (χ0v) is 17.3. The second kappa shape index (κ2) is 11.2. The number of pyridine rings is 1. The maximum atomic E-state index is 12.1. The van der Waals surface area contributed by atoms with Crippen LogP contribution < -0.4 is 21.3 Å². The molecule has 0 atom stereocenters. The summed E-state index contributed by atoms with van der Waals surface area (Å²) in [6.45, 7) is 3.39. The van der Waals surface area contributed by atoms with Crippen molar-refractivity contribution in [2.45, 2.75) is 6.92 Å². The van der Waals surface area contributed by atoms with E-state index in [9.17, 15) is 9.59 Å². The van der Waals surface area contributed by atoms with Crippen molar-refractivity contribution in [1.82, 2.24) is 25.6 Å². The van der Waals surface area contributed by atoms with Gasteiger partial charge in [0, 0.05) is 50.9 Å². The fourth-order valence-corrected chi connectivity index (χ4v) is 2.73. The van der Waals surface area contributed by atoms with Crippen molar-refractivity contribution in [2.24, 2.45) is 0 Å². The quantitative estimate of drug-likeness (QED) is 0.371. The Hall–Kier alpha value is -4.01. The van der Waals surface area contributed by atoms with Crippen molar-refractivity contribution in [2.75, 3.05) is 36.8 Å². The zero-order chi connectivity index (χ0) is 21.9. The van der Waals surface area contributed by atoms with E-state index in [0.29, 0.717) is 49.3 Å². The number of aromatic nitrogens is 3. The van der Waals surface area contributed by atoms with Crippen LogP contribution >= 0.6 is 0 Å². The average Bonchev–Trinajstić information content (AvgIpc) is 2.80. The Morgan fingerprint density at radius 1 is 0.806 bits per heavy atom. The molecular weight excluding hydrogens is 394 g/mol. The predicted octanol–water partition coefficient (Wildman–Crippen LogP) is 1.93. The molecule has 0 aliphatic carbocycles. The van der Waals surface area contributed by atoms with Crippen LogP contribution in [0.15, 0.2) is 60.8 Å². The summed E-state index contributed by atoms with van der Waals surface area (Å²) < 4.78 is 0. The van der Waals surface area contributed by atoms with E-state index in [-0.39, 0.29) is 11.8 Å². The van der Waals surface area contributed by atoms with Gasteiger partial charge in [0.15, 0.2) is 5.82 Å². The van der Waals surface area contributed by atoms with E-state index in [0.717, 1.165) is 5.56 Å². The summed E-state index contributed by atoms with van der Waals surface area (Å²) in [5.41, 5.74) is 1.26. The number of rotatable bonds is 10. The summed E-state index contributed by atoms with van der Waals surface area (Å²) in [6, 6.07) is 16.7. The summed E-state index contributed by atoms with van der Waals surface area (Å²) in [5.74, 6) is 1.53. The minimum atomic E-state index is -0.226. The third-order valence-electron chi connectivity index (χ3n) is 4.18. The van der Waals surface area contributed by atoms with Crippen LogP contribution in [0.3, 0.4) is 0 Å². The smallest absolute Gasteiger partial charge is 0.269 e. The van der Waals surface area contributed by atoms with Gasteiger partial charge >= 0.3 is 0 Å². The predicted molar refractivity (Wildman–Crippen MR) is 120 cm³/mol. The van der Waals surface area contributed by atoms with Crippen molar-refractivity contribution in [3.8, 4) is 11.4 Å². The minimum absolute atomic E-state index is 0.0791. The van der Waals surface area contributed by atoms with E-state index < -0.39 is 0 Å². The van der Waals surface area contributed by atoms with E-state index in [4.69, 9.17) is 0 Å². The Kier molecular flexibility index (Phi) is 7.87. The molecule has 0 fully saturated rings. The maximum Gasteiger partial charge on any atom is 0.269 e. The maximum absolute atomic E-state index is 12.1. The number of carbonyl (C=O) groups is 2. The van der Waals surface area contributed by atoms with Gasteiger partial charge in [-0.25, -0.2) is 9.97 Å². The van der Waals surface area contributed by atoms with Gasteiger partial charge in [-0.15, -0.1) is 0 Å². The molecule has 4 N–H and O–H groups in total. The third-order valence-corrected chi connectivity index (χ3v) is 4.18. The van der Waals surface area contributed by atoms with Gasteiger partial charge in [0.25, 0.3) is 5.91 Å². The molecule has 9 nitrogen and oxygen atoms in total. The van der Waals surface area contributed by atoms with Crippen LogP contribution in [-0.2, 0) is 4.79 Å². The van der Waals surface area contributed by atoms with Crippen LogP contribution in [0.25, 0.3) is 11.4 Å². The number of nitrogens with zero attached hydrogens (tertiary/aromatic N) is 3. The number of hydrogen-bond donors (Lipinski definition) is 4. The average molecular weight is 419 g/mol. The minimum Gasteiger partial charge on any atom is -0.368 e. The number of amides is 2. The first-order valence-corrected chi connectivity index (χ1v) is 9.98. The lowest BCUT2D eigenvalue weighted by Gasteiger charge is -2.12. The molecule has 3 aromatic rings. The highest BCUT2D eigenvalue weighted by molar-refractivity contribution is 5.92. The van der Waals surface area contributed by atoms with Gasteiger partial charge < -0.3 is 21.3 Å².